The Hall–Kier alpha value is -2.14. The first-order valence-electron chi connectivity index (χ1n) is 6.75. The molecule has 21 heavy (non-hydrogen) atoms. The van der Waals surface area contributed by atoms with Gasteiger partial charge in [0.1, 0.15) is 0 Å². The molecule has 1 aromatic carbocycles. The van der Waals surface area contributed by atoms with Crippen LogP contribution in [-0.2, 0) is 22.6 Å². The summed E-state index contributed by atoms with van der Waals surface area (Å²) in [6.45, 7) is 2.49. The second-order valence-electron chi connectivity index (χ2n) is 4.74. The van der Waals surface area contributed by atoms with Crippen molar-refractivity contribution in [3.8, 4) is 0 Å². The van der Waals surface area contributed by atoms with Crippen LogP contribution < -0.4 is 10.6 Å². The van der Waals surface area contributed by atoms with Crippen LogP contribution in [0.3, 0.4) is 0 Å². The molecule has 0 unspecified atom stereocenters. The van der Waals surface area contributed by atoms with Gasteiger partial charge in [-0.2, -0.15) is 0 Å². The molecule has 2 aromatic rings. The second kappa shape index (κ2) is 7.59. The van der Waals surface area contributed by atoms with Gasteiger partial charge in [0.15, 0.2) is 0 Å². The number of hydrogen-bond donors (Lipinski definition) is 2. The van der Waals surface area contributed by atoms with Gasteiger partial charge in [-0.05, 0) is 29.5 Å². The molecule has 2 rings (SSSR count). The summed E-state index contributed by atoms with van der Waals surface area (Å²) in [5.41, 5.74) is 2.22. The summed E-state index contributed by atoms with van der Waals surface area (Å²) in [5.74, 6) is -0.318. The van der Waals surface area contributed by atoms with Gasteiger partial charge in [0.2, 0.25) is 11.8 Å². The second-order valence-corrected chi connectivity index (χ2v) is 5.77. The number of nitrogens with one attached hydrogen (secondary N) is 2. The third-order valence-electron chi connectivity index (χ3n) is 3.10. The number of thiophene rings is 1. The highest BCUT2D eigenvalue weighted by Crippen LogP contribution is 2.08. The van der Waals surface area contributed by atoms with E-state index in [9.17, 15) is 9.59 Å². The number of aryl methyl sites for hydroxylation is 1. The van der Waals surface area contributed by atoms with Crippen LogP contribution in [0, 0.1) is 6.92 Å². The molecule has 2 amide bonds. The zero-order chi connectivity index (χ0) is 15.1. The van der Waals surface area contributed by atoms with Crippen molar-refractivity contribution in [1.82, 2.24) is 10.6 Å². The monoisotopic (exact) mass is 302 g/mol. The Kier molecular flexibility index (Phi) is 5.51. The van der Waals surface area contributed by atoms with Crippen molar-refractivity contribution in [1.29, 1.82) is 0 Å². The fourth-order valence-corrected chi connectivity index (χ4v) is 2.58. The Morgan fingerprint density at radius 2 is 1.86 bits per heavy atom. The van der Waals surface area contributed by atoms with E-state index in [0.29, 0.717) is 13.0 Å². The number of carbonyl (C=O) groups is 2. The van der Waals surface area contributed by atoms with E-state index in [1.165, 1.54) is 11.3 Å². The van der Waals surface area contributed by atoms with Crippen molar-refractivity contribution >= 4 is 23.2 Å². The first-order chi connectivity index (χ1) is 10.1. The molecule has 0 aliphatic heterocycles. The minimum atomic E-state index is -0.183. The molecule has 4 nitrogen and oxygen atoms in total. The first kappa shape index (κ1) is 15.3. The summed E-state index contributed by atoms with van der Waals surface area (Å²) in [7, 11) is 0. The molecule has 2 N–H and O–H groups in total. The third-order valence-corrected chi connectivity index (χ3v) is 3.97. The van der Waals surface area contributed by atoms with Gasteiger partial charge in [0, 0.05) is 11.4 Å². The van der Waals surface area contributed by atoms with Crippen molar-refractivity contribution in [2.24, 2.45) is 0 Å². The summed E-state index contributed by atoms with van der Waals surface area (Å²) in [6, 6.07) is 11.7. The van der Waals surface area contributed by atoms with Gasteiger partial charge in [-0.1, -0.05) is 30.3 Å². The average Bonchev–Trinajstić information content (AvgIpc) is 2.97. The van der Waals surface area contributed by atoms with Gasteiger partial charge >= 0.3 is 0 Å². The number of benzene rings is 1. The quantitative estimate of drug-likeness (QED) is 0.858. The average molecular weight is 302 g/mol. The van der Waals surface area contributed by atoms with E-state index in [1.807, 2.05) is 48.7 Å². The molecule has 1 heterocycles. The number of hydrogen-bond acceptors (Lipinski definition) is 3. The minimum absolute atomic E-state index is 0.0100. The van der Waals surface area contributed by atoms with Crippen LogP contribution in [0.1, 0.15) is 16.0 Å². The first-order valence-corrected chi connectivity index (χ1v) is 7.63. The van der Waals surface area contributed by atoms with Gasteiger partial charge in [0.25, 0.3) is 0 Å². The maximum absolute atomic E-state index is 11.7. The van der Waals surface area contributed by atoms with Crippen molar-refractivity contribution in [3.05, 3.63) is 57.8 Å². The van der Waals surface area contributed by atoms with E-state index in [2.05, 4.69) is 10.6 Å². The summed E-state index contributed by atoms with van der Waals surface area (Å²) >= 11 is 1.53. The molecule has 0 fully saturated rings. The normalized spacial score (nSPS) is 10.1. The Labute approximate surface area is 128 Å². The molecule has 0 saturated heterocycles. The van der Waals surface area contributed by atoms with Crippen LogP contribution in [0.25, 0.3) is 0 Å². The van der Waals surface area contributed by atoms with Crippen molar-refractivity contribution < 1.29 is 9.59 Å². The highest BCUT2D eigenvalue weighted by atomic mass is 32.1. The maximum atomic E-state index is 11.7. The van der Waals surface area contributed by atoms with E-state index in [1.54, 1.807) is 0 Å². The predicted octanol–water partition coefficient (Wildman–Crippen LogP) is 2.03. The molecule has 0 aliphatic rings. The van der Waals surface area contributed by atoms with Crippen molar-refractivity contribution in [2.45, 2.75) is 19.9 Å². The Balaban J connectivity index is 1.70. The van der Waals surface area contributed by atoms with Crippen molar-refractivity contribution in [2.75, 3.05) is 6.54 Å². The number of amides is 2. The molecule has 110 valence electrons. The predicted molar refractivity (Wildman–Crippen MR) is 84.1 cm³/mol. The maximum Gasteiger partial charge on any atom is 0.239 e. The molecule has 0 spiro atoms. The van der Waals surface area contributed by atoms with Crippen molar-refractivity contribution in [3.63, 3.8) is 0 Å². The lowest BCUT2D eigenvalue weighted by atomic mass is 10.1. The third kappa shape index (κ3) is 5.04. The molecule has 0 saturated carbocycles. The van der Waals surface area contributed by atoms with Crippen LogP contribution in [-0.4, -0.2) is 18.4 Å². The molecule has 0 aliphatic carbocycles. The smallest absolute Gasteiger partial charge is 0.239 e. The highest BCUT2D eigenvalue weighted by Gasteiger charge is 2.07. The topological polar surface area (TPSA) is 58.2 Å². The fraction of sp³-hybridized carbons (Fsp3) is 0.250. The van der Waals surface area contributed by atoms with Crippen LogP contribution in [0.15, 0.2) is 41.8 Å². The lowest BCUT2D eigenvalue weighted by Crippen LogP contribution is -2.37. The van der Waals surface area contributed by atoms with E-state index in [4.69, 9.17) is 0 Å². The Bertz CT molecular complexity index is 608. The fourth-order valence-electron chi connectivity index (χ4n) is 1.88. The van der Waals surface area contributed by atoms with Crippen LogP contribution in [0.5, 0.6) is 0 Å². The van der Waals surface area contributed by atoms with Gasteiger partial charge in [-0.15, -0.1) is 11.3 Å². The summed E-state index contributed by atoms with van der Waals surface area (Å²) in [6.07, 6.45) is 0.322. The molecule has 0 atom stereocenters. The van der Waals surface area contributed by atoms with Gasteiger partial charge in [-0.25, -0.2) is 0 Å². The lowest BCUT2D eigenvalue weighted by molar-refractivity contribution is -0.125. The Morgan fingerprint density at radius 3 is 2.57 bits per heavy atom. The Morgan fingerprint density at radius 1 is 1.05 bits per heavy atom. The SMILES string of the molecule is Cc1ccccc1CNC(=O)CNC(=O)Cc1cccs1. The summed E-state index contributed by atoms with van der Waals surface area (Å²) in [4.78, 5) is 24.4. The van der Waals surface area contributed by atoms with E-state index in [-0.39, 0.29) is 18.4 Å². The van der Waals surface area contributed by atoms with Gasteiger partial charge < -0.3 is 10.6 Å². The van der Waals surface area contributed by atoms with Crippen LogP contribution in [0.4, 0.5) is 0 Å². The van der Waals surface area contributed by atoms with Crippen LogP contribution in [0.2, 0.25) is 0 Å². The highest BCUT2D eigenvalue weighted by molar-refractivity contribution is 7.10. The molecular formula is C16H18N2O2S. The zero-order valence-corrected chi connectivity index (χ0v) is 12.7. The zero-order valence-electron chi connectivity index (χ0n) is 11.9. The van der Waals surface area contributed by atoms with E-state index >= 15 is 0 Å². The molecule has 5 heteroatoms. The molecule has 0 radical (unpaired) electrons. The van der Waals surface area contributed by atoms with Gasteiger partial charge in [-0.3, -0.25) is 9.59 Å². The molecule has 1 aromatic heterocycles. The number of rotatable bonds is 6. The summed E-state index contributed by atoms with van der Waals surface area (Å²) < 4.78 is 0. The number of carbonyl (C=O) groups excluding carboxylic acids is 2. The lowest BCUT2D eigenvalue weighted by Gasteiger charge is -2.08. The molecular weight excluding hydrogens is 284 g/mol. The van der Waals surface area contributed by atoms with Crippen LogP contribution >= 0.6 is 11.3 Å². The van der Waals surface area contributed by atoms with E-state index < -0.39 is 0 Å². The van der Waals surface area contributed by atoms with E-state index in [0.717, 1.165) is 16.0 Å². The standard InChI is InChI=1S/C16H18N2O2S/c1-12-5-2-3-6-13(12)10-17-16(20)11-18-15(19)9-14-7-4-8-21-14/h2-8H,9-11H2,1H3,(H,17,20)(H,18,19). The summed E-state index contributed by atoms with van der Waals surface area (Å²) in [5, 5.41) is 7.36. The largest absolute Gasteiger partial charge is 0.350 e. The minimum Gasteiger partial charge on any atom is -0.350 e. The molecule has 0 bridgehead atoms. The van der Waals surface area contributed by atoms with Gasteiger partial charge in [0.05, 0.1) is 13.0 Å².